The highest BCUT2D eigenvalue weighted by Crippen LogP contribution is 2.16. The molecule has 1 fully saturated rings. The summed E-state index contributed by atoms with van der Waals surface area (Å²) in [5.41, 5.74) is 0.979. The first-order valence-electron chi connectivity index (χ1n) is 7.52. The van der Waals surface area contributed by atoms with Gasteiger partial charge in [-0.2, -0.15) is 0 Å². The van der Waals surface area contributed by atoms with E-state index < -0.39 is 0 Å². The van der Waals surface area contributed by atoms with Crippen LogP contribution in [0.2, 0.25) is 0 Å². The van der Waals surface area contributed by atoms with E-state index in [1.807, 2.05) is 12.4 Å². The molecule has 2 rings (SSSR count). The minimum absolute atomic E-state index is 0.327. The SMILES string of the molecule is CC(C)NCc1cncc(N(C)CC2CCCCO2)n1. The first kappa shape index (κ1) is 15.2. The molecule has 5 nitrogen and oxygen atoms in total. The molecule has 1 aliphatic heterocycles. The molecular weight excluding hydrogens is 252 g/mol. The topological polar surface area (TPSA) is 50.3 Å². The van der Waals surface area contributed by atoms with Gasteiger partial charge < -0.3 is 15.0 Å². The van der Waals surface area contributed by atoms with Crippen LogP contribution < -0.4 is 10.2 Å². The van der Waals surface area contributed by atoms with Crippen LogP contribution in [0.5, 0.6) is 0 Å². The zero-order valence-electron chi connectivity index (χ0n) is 12.8. The molecule has 0 spiro atoms. The van der Waals surface area contributed by atoms with E-state index >= 15 is 0 Å². The molecule has 1 saturated heterocycles. The fourth-order valence-electron chi connectivity index (χ4n) is 2.32. The van der Waals surface area contributed by atoms with Crippen LogP contribution in [-0.4, -0.2) is 42.3 Å². The molecule has 1 N–H and O–H groups in total. The van der Waals surface area contributed by atoms with Gasteiger partial charge in [0.1, 0.15) is 5.82 Å². The highest BCUT2D eigenvalue weighted by atomic mass is 16.5. The van der Waals surface area contributed by atoms with Crippen molar-refractivity contribution in [3.8, 4) is 0 Å². The Hall–Kier alpha value is -1.20. The van der Waals surface area contributed by atoms with Gasteiger partial charge in [0.15, 0.2) is 0 Å². The van der Waals surface area contributed by atoms with Crippen LogP contribution >= 0.6 is 0 Å². The molecule has 0 bridgehead atoms. The lowest BCUT2D eigenvalue weighted by atomic mass is 10.1. The second-order valence-electron chi connectivity index (χ2n) is 5.77. The zero-order chi connectivity index (χ0) is 14.4. The summed E-state index contributed by atoms with van der Waals surface area (Å²) in [7, 11) is 2.06. The van der Waals surface area contributed by atoms with Crippen LogP contribution in [0.15, 0.2) is 12.4 Å². The number of aromatic nitrogens is 2. The highest BCUT2D eigenvalue weighted by molar-refractivity contribution is 5.35. The number of nitrogens with zero attached hydrogens (tertiary/aromatic N) is 3. The molecule has 5 heteroatoms. The van der Waals surface area contributed by atoms with Gasteiger partial charge in [-0.05, 0) is 19.3 Å². The molecular formula is C15H26N4O. The first-order valence-corrected chi connectivity index (χ1v) is 7.52. The predicted octanol–water partition coefficient (Wildman–Crippen LogP) is 1.98. The summed E-state index contributed by atoms with van der Waals surface area (Å²) in [6.45, 7) is 6.79. The van der Waals surface area contributed by atoms with E-state index in [9.17, 15) is 0 Å². The minimum atomic E-state index is 0.327. The van der Waals surface area contributed by atoms with Gasteiger partial charge in [0.05, 0.1) is 18.0 Å². The Kier molecular flexibility index (Phi) is 5.73. The van der Waals surface area contributed by atoms with Crippen molar-refractivity contribution >= 4 is 5.82 Å². The number of hydrogen-bond donors (Lipinski definition) is 1. The fraction of sp³-hybridized carbons (Fsp3) is 0.733. The lowest BCUT2D eigenvalue weighted by Gasteiger charge is -2.28. The molecule has 1 atom stereocenters. The number of rotatable bonds is 6. The van der Waals surface area contributed by atoms with Crippen molar-refractivity contribution in [3.05, 3.63) is 18.1 Å². The number of hydrogen-bond acceptors (Lipinski definition) is 5. The third-order valence-corrected chi connectivity index (χ3v) is 3.51. The van der Waals surface area contributed by atoms with Crippen LogP contribution in [0.25, 0.3) is 0 Å². The summed E-state index contributed by atoms with van der Waals surface area (Å²) in [4.78, 5) is 11.1. The number of ether oxygens (including phenoxy) is 1. The smallest absolute Gasteiger partial charge is 0.147 e. The van der Waals surface area contributed by atoms with E-state index in [2.05, 4.69) is 41.1 Å². The molecule has 0 amide bonds. The van der Waals surface area contributed by atoms with E-state index in [4.69, 9.17) is 4.74 Å². The monoisotopic (exact) mass is 278 g/mol. The largest absolute Gasteiger partial charge is 0.376 e. The number of nitrogens with one attached hydrogen (secondary N) is 1. The molecule has 0 aromatic carbocycles. The van der Waals surface area contributed by atoms with Crippen molar-refractivity contribution in [1.82, 2.24) is 15.3 Å². The second kappa shape index (κ2) is 7.55. The van der Waals surface area contributed by atoms with Gasteiger partial charge in [0.25, 0.3) is 0 Å². The molecule has 1 aromatic rings. The van der Waals surface area contributed by atoms with Gasteiger partial charge in [0, 0.05) is 39.0 Å². The summed E-state index contributed by atoms with van der Waals surface area (Å²) in [6, 6.07) is 0.453. The van der Waals surface area contributed by atoms with Crippen molar-refractivity contribution in [2.45, 2.75) is 51.8 Å². The maximum atomic E-state index is 5.78. The lowest BCUT2D eigenvalue weighted by molar-refractivity contribution is 0.0215. The Morgan fingerprint density at radius 2 is 2.25 bits per heavy atom. The molecule has 1 aliphatic rings. The zero-order valence-corrected chi connectivity index (χ0v) is 12.8. The Morgan fingerprint density at radius 3 is 2.95 bits per heavy atom. The highest BCUT2D eigenvalue weighted by Gasteiger charge is 2.17. The predicted molar refractivity (Wildman–Crippen MR) is 80.9 cm³/mol. The van der Waals surface area contributed by atoms with Gasteiger partial charge in [-0.15, -0.1) is 0 Å². The number of anilines is 1. The quantitative estimate of drug-likeness (QED) is 0.862. The van der Waals surface area contributed by atoms with Crippen LogP contribution in [0.3, 0.4) is 0 Å². The molecule has 112 valence electrons. The maximum absolute atomic E-state index is 5.78. The van der Waals surface area contributed by atoms with Crippen LogP contribution in [-0.2, 0) is 11.3 Å². The number of likely N-dealkylation sites (N-methyl/N-ethyl adjacent to an activating group) is 1. The van der Waals surface area contributed by atoms with Crippen LogP contribution in [0, 0.1) is 0 Å². The Bertz CT molecular complexity index is 405. The van der Waals surface area contributed by atoms with Crippen LogP contribution in [0.4, 0.5) is 5.82 Å². The van der Waals surface area contributed by atoms with Crippen molar-refractivity contribution in [2.24, 2.45) is 0 Å². The van der Waals surface area contributed by atoms with Gasteiger partial charge in [-0.25, -0.2) is 4.98 Å². The standard InChI is InChI=1S/C15H26N4O/c1-12(2)17-9-13-8-16-10-15(18-13)19(3)11-14-6-4-5-7-20-14/h8,10,12,14,17H,4-7,9,11H2,1-3H3. The third-order valence-electron chi connectivity index (χ3n) is 3.51. The summed E-state index contributed by atoms with van der Waals surface area (Å²) in [5.74, 6) is 0.919. The molecule has 0 radical (unpaired) electrons. The molecule has 0 aliphatic carbocycles. The van der Waals surface area contributed by atoms with E-state index in [0.717, 1.165) is 37.6 Å². The third kappa shape index (κ3) is 4.72. The van der Waals surface area contributed by atoms with E-state index in [1.54, 1.807) is 0 Å². The Balaban J connectivity index is 1.91. The minimum Gasteiger partial charge on any atom is -0.376 e. The van der Waals surface area contributed by atoms with Crippen molar-refractivity contribution in [2.75, 3.05) is 25.1 Å². The Morgan fingerprint density at radius 1 is 1.40 bits per heavy atom. The second-order valence-corrected chi connectivity index (χ2v) is 5.77. The molecule has 2 heterocycles. The normalized spacial score (nSPS) is 19.3. The van der Waals surface area contributed by atoms with Crippen molar-refractivity contribution < 1.29 is 4.74 Å². The summed E-state index contributed by atoms with van der Waals surface area (Å²) in [5, 5.41) is 3.36. The summed E-state index contributed by atoms with van der Waals surface area (Å²) >= 11 is 0. The van der Waals surface area contributed by atoms with Crippen molar-refractivity contribution in [1.29, 1.82) is 0 Å². The first-order chi connectivity index (χ1) is 9.65. The molecule has 1 aromatic heterocycles. The average Bonchev–Trinajstić information content (AvgIpc) is 2.46. The van der Waals surface area contributed by atoms with E-state index in [-0.39, 0.29) is 0 Å². The van der Waals surface area contributed by atoms with Gasteiger partial charge in [-0.1, -0.05) is 13.8 Å². The average molecular weight is 278 g/mol. The summed E-state index contributed by atoms with van der Waals surface area (Å²) < 4.78 is 5.78. The van der Waals surface area contributed by atoms with E-state index in [1.165, 1.54) is 12.8 Å². The van der Waals surface area contributed by atoms with Gasteiger partial charge in [0.2, 0.25) is 0 Å². The molecule has 0 saturated carbocycles. The molecule has 20 heavy (non-hydrogen) atoms. The van der Waals surface area contributed by atoms with Gasteiger partial charge in [-0.3, -0.25) is 4.98 Å². The lowest BCUT2D eigenvalue weighted by Crippen LogP contribution is -2.34. The van der Waals surface area contributed by atoms with Crippen LogP contribution in [0.1, 0.15) is 38.8 Å². The molecule has 1 unspecified atom stereocenters. The Labute approximate surface area is 121 Å². The maximum Gasteiger partial charge on any atom is 0.147 e. The van der Waals surface area contributed by atoms with E-state index in [0.29, 0.717) is 12.1 Å². The fourth-order valence-corrected chi connectivity index (χ4v) is 2.32. The van der Waals surface area contributed by atoms with Crippen molar-refractivity contribution in [3.63, 3.8) is 0 Å². The summed E-state index contributed by atoms with van der Waals surface area (Å²) in [6.07, 6.45) is 7.57. The van der Waals surface area contributed by atoms with Gasteiger partial charge >= 0.3 is 0 Å².